The quantitative estimate of drug-likeness (QED) is 0.820. The highest BCUT2D eigenvalue weighted by Crippen LogP contribution is 2.35. The molecular weight excluding hydrogens is 340 g/mol. The average molecular weight is 362 g/mol. The summed E-state index contributed by atoms with van der Waals surface area (Å²) < 4.78 is 11.2. The maximum Gasteiger partial charge on any atom is 0.242 e. The molecule has 3 aliphatic rings. The number of carbonyl (C=O) groups is 2. The van der Waals surface area contributed by atoms with Crippen molar-refractivity contribution in [2.45, 2.75) is 24.0 Å². The number of carbonyl (C=O) groups excluding carboxylic acids is 2. The Morgan fingerprint density at radius 1 is 1.16 bits per heavy atom. The summed E-state index contributed by atoms with van der Waals surface area (Å²) in [6.07, 6.45) is 1.66. The molecule has 0 aliphatic carbocycles. The predicted octanol–water partition coefficient (Wildman–Crippen LogP) is 1.74. The summed E-state index contributed by atoms with van der Waals surface area (Å²) in [6.45, 7) is 2.85. The van der Waals surface area contributed by atoms with Crippen molar-refractivity contribution in [2.75, 3.05) is 43.5 Å². The molecule has 3 heterocycles. The van der Waals surface area contributed by atoms with E-state index < -0.39 is 0 Å². The maximum atomic E-state index is 12.7. The van der Waals surface area contributed by atoms with Crippen LogP contribution < -0.4 is 4.90 Å². The molecule has 4 rings (SSSR count). The third-order valence-electron chi connectivity index (χ3n) is 5.03. The van der Waals surface area contributed by atoms with Gasteiger partial charge in [-0.1, -0.05) is 12.1 Å². The van der Waals surface area contributed by atoms with Crippen LogP contribution in [-0.2, 0) is 19.1 Å². The molecule has 0 bridgehead atoms. The van der Waals surface area contributed by atoms with Crippen LogP contribution in [0.4, 0.5) is 5.69 Å². The van der Waals surface area contributed by atoms with Crippen LogP contribution >= 0.6 is 11.8 Å². The Morgan fingerprint density at radius 2 is 1.88 bits per heavy atom. The van der Waals surface area contributed by atoms with E-state index in [-0.39, 0.29) is 24.6 Å². The SMILES string of the molecule is O=C(CN1C(=O)CSc2ccccc21)N1CCC(C2OCCO2)CC1. The lowest BCUT2D eigenvalue weighted by molar-refractivity contribution is -0.136. The van der Waals surface area contributed by atoms with Gasteiger partial charge in [-0.15, -0.1) is 11.8 Å². The van der Waals surface area contributed by atoms with Gasteiger partial charge >= 0.3 is 0 Å². The van der Waals surface area contributed by atoms with E-state index in [1.54, 1.807) is 4.90 Å². The Labute approximate surface area is 151 Å². The van der Waals surface area contributed by atoms with Crippen molar-refractivity contribution in [1.82, 2.24) is 4.90 Å². The minimum atomic E-state index is -0.107. The van der Waals surface area contributed by atoms with Crippen molar-refractivity contribution in [2.24, 2.45) is 5.92 Å². The summed E-state index contributed by atoms with van der Waals surface area (Å²) in [4.78, 5) is 29.6. The first-order valence-electron chi connectivity index (χ1n) is 8.75. The smallest absolute Gasteiger partial charge is 0.242 e. The van der Waals surface area contributed by atoms with Gasteiger partial charge in [0.15, 0.2) is 6.29 Å². The molecule has 7 heteroatoms. The number of hydrogen-bond acceptors (Lipinski definition) is 5. The molecule has 0 N–H and O–H groups in total. The zero-order valence-corrected chi connectivity index (χ0v) is 14.9. The van der Waals surface area contributed by atoms with Crippen LogP contribution in [0.15, 0.2) is 29.2 Å². The van der Waals surface area contributed by atoms with Crippen LogP contribution in [0, 0.1) is 5.92 Å². The highest BCUT2D eigenvalue weighted by Gasteiger charge is 2.33. The van der Waals surface area contributed by atoms with Gasteiger partial charge in [0.25, 0.3) is 0 Å². The van der Waals surface area contributed by atoms with Gasteiger partial charge in [0.2, 0.25) is 11.8 Å². The first kappa shape index (κ1) is 16.9. The number of piperidine rings is 1. The van der Waals surface area contributed by atoms with E-state index in [0.717, 1.165) is 23.4 Å². The summed E-state index contributed by atoms with van der Waals surface area (Å²) in [5, 5.41) is 0. The number of hydrogen-bond donors (Lipinski definition) is 0. The molecular formula is C18H22N2O4S. The van der Waals surface area contributed by atoms with E-state index in [1.807, 2.05) is 29.2 Å². The fourth-order valence-corrected chi connectivity index (χ4v) is 4.57. The normalized spacial score (nSPS) is 22.3. The molecule has 2 fully saturated rings. The summed E-state index contributed by atoms with van der Waals surface area (Å²) in [5.74, 6) is 0.768. The summed E-state index contributed by atoms with van der Waals surface area (Å²) in [6, 6.07) is 7.77. The molecule has 3 aliphatic heterocycles. The van der Waals surface area contributed by atoms with E-state index in [1.165, 1.54) is 11.8 Å². The number of amides is 2. The minimum absolute atomic E-state index is 0.000286. The van der Waals surface area contributed by atoms with E-state index in [2.05, 4.69) is 0 Å². The number of rotatable bonds is 3. The van der Waals surface area contributed by atoms with Crippen molar-refractivity contribution in [3.05, 3.63) is 24.3 Å². The number of thioether (sulfide) groups is 1. The van der Waals surface area contributed by atoms with Crippen molar-refractivity contribution >= 4 is 29.3 Å². The lowest BCUT2D eigenvalue weighted by atomic mass is 9.96. The van der Waals surface area contributed by atoms with Crippen molar-refractivity contribution in [3.8, 4) is 0 Å². The molecule has 0 aromatic heterocycles. The third-order valence-corrected chi connectivity index (χ3v) is 6.07. The molecule has 2 amide bonds. The molecule has 134 valence electrons. The zero-order chi connectivity index (χ0) is 17.2. The Morgan fingerprint density at radius 3 is 2.64 bits per heavy atom. The van der Waals surface area contributed by atoms with Crippen LogP contribution in [0.25, 0.3) is 0 Å². The zero-order valence-electron chi connectivity index (χ0n) is 14.1. The lowest BCUT2D eigenvalue weighted by Gasteiger charge is -2.36. The number of fused-ring (bicyclic) bond motifs is 1. The average Bonchev–Trinajstić information content (AvgIpc) is 3.19. The van der Waals surface area contributed by atoms with Crippen LogP contribution in [-0.4, -0.2) is 61.6 Å². The highest BCUT2D eigenvalue weighted by atomic mass is 32.2. The second-order valence-electron chi connectivity index (χ2n) is 6.56. The van der Waals surface area contributed by atoms with Gasteiger partial charge < -0.3 is 19.3 Å². The fraction of sp³-hybridized carbons (Fsp3) is 0.556. The van der Waals surface area contributed by atoms with Gasteiger partial charge in [0.05, 0.1) is 24.7 Å². The molecule has 0 atom stereocenters. The van der Waals surface area contributed by atoms with Gasteiger partial charge in [-0.2, -0.15) is 0 Å². The number of nitrogens with zero attached hydrogens (tertiary/aromatic N) is 2. The lowest BCUT2D eigenvalue weighted by Crippen LogP contribution is -2.48. The minimum Gasteiger partial charge on any atom is -0.350 e. The van der Waals surface area contributed by atoms with Gasteiger partial charge in [-0.3, -0.25) is 9.59 Å². The Balaban J connectivity index is 1.37. The molecule has 1 aromatic carbocycles. The topological polar surface area (TPSA) is 59.1 Å². The van der Waals surface area contributed by atoms with Crippen LogP contribution in [0.2, 0.25) is 0 Å². The van der Waals surface area contributed by atoms with E-state index in [4.69, 9.17) is 9.47 Å². The fourth-order valence-electron chi connectivity index (χ4n) is 3.63. The number of anilines is 1. The molecule has 0 spiro atoms. The number of ether oxygens (including phenoxy) is 2. The van der Waals surface area contributed by atoms with Crippen molar-refractivity contribution in [1.29, 1.82) is 0 Å². The first-order chi connectivity index (χ1) is 12.2. The monoisotopic (exact) mass is 362 g/mol. The van der Waals surface area contributed by atoms with Crippen molar-refractivity contribution < 1.29 is 19.1 Å². The standard InChI is InChI=1S/C18H22N2O4S/c21-16(19-7-5-13(6-8-19)18-23-9-10-24-18)11-20-14-3-1-2-4-15(14)25-12-17(20)22/h1-4,13,18H,5-12H2. The Hall–Kier alpha value is -1.57. The van der Waals surface area contributed by atoms with Crippen LogP contribution in [0.5, 0.6) is 0 Å². The molecule has 0 unspecified atom stereocenters. The molecule has 25 heavy (non-hydrogen) atoms. The maximum absolute atomic E-state index is 12.7. The largest absolute Gasteiger partial charge is 0.350 e. The summed E-state index contributed by atoms with van der Waals surface area (Å²) in [5.41, 5.74) is 0.847. The second-order valence-corrected chi connectivity index (χ2v) is 7.58. The van der Waals surface area contributed by atoms with Gasteiger partial charge in [-0.25, -0.2) is 0 Å². The second kappa shape index (κ2) is 7.35. The van der Waals surface area contributed by atoms with Gasteiger partial charge in [0.1, 0.15) is 6.54 Å². The van der Waals surface area contributed by atoms with Crippen molar-refractivity contribution in [3.63, 3.8) is 0 Å². The number of para-hydroxylation sites is 1. The van der Waals surface area contributed by atoms with E-state index in [0.29, 0.717) is 38.0 Å². The Kier molecular flexibility index (Phi) is 4.96. The number of likely N-dealkylation sites (tertiary alicyclic amines) is 1. The van der Waals surface area contributed by atoms with Gasteiger partial charge in [-0.05, 0) is 25.0 Å². The first-order valence-corrected chi connectivity index (χ1v) is 9.74. The number of benzene rings is 1. The Bertz CT molecular complexity index is 654. The van der Waals surface area contributed by atoms with E-state index >= 15 is 0 Å². The molecule has 0 saturated carbocycles. The van der Waals surface area contributed by atoms with Crippen LogP contribution in [0.3, 0.4) is 0 Å². The molecule has 0 radical (unpaired) electrons. The predicted molar refractivity (Wildman–Crippen MR) is 94.5 cm³/mol. The summed E-state index contributed by atoms with van der Waals surface area (Å²) >= 11 is 1.53. The van der Waals surface area contributed by atoms with Crippen LogP contribution in [0.1, 0.15) is 12.8 Å². The summed E-state index contributed by atoms with van der Waals surface area (Å²) in [7, 11) is 0. The molecule has 6 nitrogen and oxygen atoms in total. The van der Waals surface area contributed by atoms with E-state index in [9.17, 15) is 9.59 Å². The van der Waals surface area contributed by atoms with Gasteiger partial charge in [0, 0.05) is 23.9 Å². The molecule has 1 aromatic rings. The molecule has 2 saturated heterocycles. The highest BCUT2D eigenvalue weighted by molar-refractivity contribution is 8.00. The third kappa shape index (κ3) is 3.54.